The minimum Gasteiger partial charge on any atom is -0.618 e. The van der Waals surface area contributed by atoms with Crippen molar-refractivity contribution >= 4 is 27.8 Å². The third-order valence-corrected chi connectivity index (χ3v) is 3.72. The van der Waals surface area contributed by atoms with Gasteiger partial charge in [0.2, 0.25) is 5.52 Å². The number of fused-ring (bicyclic) bond motifs is 3. The zero-order valence-corrected chi connectivity index (χ0v) is 8.53. The molecule has 1 aromatic heterocycles. The van der Waals surface area contributed by atoms with Gasteiger partial charge in [-0.2, -0.15) is 4.73 Å². The molecule has 0 aliphatic carbocycles. The van der Waals surface area contributed by atoms with Crippen molar-refractivity contribution in [3.8, 4) is 0 Å². The molecule has 2 aromatic rings. The van der Waals surface area contributed by atoms with Crippen LogP contribution in [0.15, 0.2) is 40.8 Å². The molecule has 0 fully saturated rings. The van der Waals surface area contributed by atoms with Crippen molar-refractivity contribution in [1.29, 1.82) is 0 Å². The van der Waals surface area contributed by atoms with E-state index in [1.165, 1.54) is 6.20 Å². The standard InChI is InChI=1S/C11H7NO2S/c13-12-7-8-5-6-15(14)11(8)9-3-1-2-4-10(9)12/h1-7H. The van der Waals surface area contributed by atoms with E-state index in [-0.39, 0.29) is 0 Å². The molecule has 1 aliphatic heterocycles. The Bertz CT molecular complexity index is 619. The van der Waals surface area contributed by atoms with Crippen LogP contribution >= 0.6 is 0 Å². The zero-order chi connectivity index (χ0) is 10.4. The highest BCUT2D eigenvalue weighted by molar-refractivity contribution is 7.88. The fraction of sp³-hybridized carbons (Fsp3) is 0. The lowest BCUT2D eigenvalue weighted by Gasteiger charge is -2.05. The number of nitrogens with zero attached hydrogens (tertiary/aromatic N) is 1. The minimum atomic E-state index is -1.11. The van der Waals surface area contributed by atoms with E-state index in [1.807, 2.05) is 12.1 Å². The zero-order valence-electron chi connectivity index (χ0n) is 7.71. The SMILES string of the molecule is O=S1C=Cc2c[n+]([O-])c3ccccc3c21. The highest BCUT2D eigenvalue weighted by Crippen LogP contribution is 2.28. The molecule has 1 unspecified atom stereocenters. The number of hydrogen-bond donors (Lipinski definition) is 0. The number of aromatic nitrogens is 1. The first-order valence-electron chi connectivity index (χ1n) is 4.51. The van der Waals surface area contributed by atoms with Gasteiger partial charge < -0.3 is 5.21 Å². The summed E-state index contributed by atoms with van der Waals surface area (Å²) in [5.41, 5.74) is 1.32. The minimum absolute atomic E-state index is 0.563. The Morgan fingerprint density at radius 3 is 2.93 bits per heavy atom. The molecule has 74 valence electrons. The van der Waals surface area contributed by atoms with Gasteiger partial charge in [-0.05, 0) is 12.1 Å². The quantitative estimate of drug-likeness (QED) is 0.496. The molecular weight excluding hydrogens is 210 g/mol. The smallest absolute Gasteiger partial charge is 0.225 e. The van der Waals surface area contributed by atoms with Crippen LogP contribution in [0.2, 0.25) is 0 Å². The molecule has 1 atom stereocenters. The van der Waals surface area contributed by atoms with Crippen molar-refractivity contribution < 1.29 is 8.94 Å². The van der Waals surface area contributed by atoms with Crippen LogP contribution in [-0.4, -0.2) is 4.21 Å². The summed E-state index contributed by atoms with van der Waals surface area (Å²) >= 11 is 0. The van der Waals surface area contributed by atoms with E-state index in [4.69, 9.17) is 0 Å². The predicted molar refractivity (Wildman–Crippen MR) is 58.4 cm³/mol. The number of pyridine rings is 1. The molecule has 0 bridgehead atoms. The van der Waals surface area contributed by atoms with Gasteiger partial charge in [0.05, 0.1) is 26.6 Å². The van der Waals surface area contributed by atoms with Crippen molar-refractivity contribution in [1.82, 2.24) is 0 Å². The monoisotopic (exact) mass is 217 g/mol. The van der Waals surface area contributed by atoms with Crippen molar-refractivity contribution in [3.05, 3.63) is 46.6 Å². The van der Waals surface area contributed by atoms with E-state index in [2.05, 4.69) is 0 Å². The molecular formula is C11H7NO2S. The topological polar surface area (TPSA) is 44.0 Å². The molecule has 15 heavy (non-hydrogen) atoms. The van der Waals surface area contributed by atoms with Crippen molar-refractivity contribution in [2.45, 2.75) is 4.90 Å². The Morgan fingerprint density at radius 1 is 1.27 bits per heavy atom. The van der Waals surface area contributed by atoms with Gasteiger partial charge in [0.25, 0.3) is 0 Å². The molecule has 0 radical (unpaired) electrons. The van der Waals surface area contributed by atoms with Crippen LogP contribution in [0, 0.1) is 5.21 Å². The van der Waals surface area contributed by atoms with Crippen LogP contribution < -0.4 is 4.73 Å². The summed E-state index contributed by atoms with van der Waals surface area (Å²) in [6.07, 6.45) is 3.20. The Morgan fingerprint density at radius 2 is 2.07 bits per heavy atom. The Labute approximate surface area is 88.7 Å². The lowest BCUT2D eigenvalue weighted by atomic mass is 10.1. The van der Waals surface area contributed by atoms with E-state index in [0.717, 1.165) is 20.6 Å². The molecule has 1 aliphatic rings. The van der Waals surface area contributed by atoms with Crippen LogP contribution in [0.25, 0.3) is 17.0 Å². The maximum absolute atomic E-state index is 11.7. The third-order valence-electron chi connectivity index (χ3n) is 2.48. The van der Waals surface area contributed by atoms with Crippen molar-refractivity contribution in [3.63, 3.8) is 0 Å². The summed E-state index contributed by atoms with van der Waals surface area (Å²) in [5, 5.41) is 14.0. The van der Waals surface area contributed by atoms with Gasteiger partial charge in [0.15, 0.2) is 6.20 Å². The van der Waals surface area contributed by atoms with Gasteiger partial charge in [0.1, 0.15) is 0 Å². The number of hydrogen-bond acceptors (Lipinski definition) is 2. The summed E-state index contributed by atoms with van der Waals surface area (Å²) < 4.78 is 12.5. The fourth-order valence-electron chi connectivity index (χ4n) is 1.81. The number of para-hydroxylation sites is 1. The Kier molecular flexibility index (Phi) is 1.67. The molecule has 1 aromatic carbocycles. The first-order valence-corrected chi connectivity index (χ1v) is 5.72. The van der Waals surface area contributed by atoms with E-state index < -0.39 is 10.8 Å². The van der Waals surface area contributed by atoms with Crippen LogP contribution in [0.5, 0.6) is 0 Å². The normalized spacial score (nSPS) is 18.3. The van der Waals surface area contributed by atoms with Crippen LogP contribution in [0.4, 0.5) is 0 Å². The van der Waals surface area contributed by atoms with Gasteiger partial charge in [-0.25, -0.2) is 4.21 Å². The van der Waals surface area contributed by atoms with E-state index in [9.17, 15) is 9.42 Å². The summed E-state index contributed by atoms with van der Waals surface area (Å²) in [7, 11) is -1.11. The maximum Gasteiger partial charge on any atom is 0.225 e. The van der Waals surface area contributed by atoms with Crippen molar-refractivity contribution in [2.24, 2.45) is 0 Å². The average molecular weight is 217 g/mol. The number of benzene rings is 1. The second-order valence-electron chi connectivity index (χ2n) is 3.36. The lowest BCUT2D eigenvalue weighted by molar-refractivity contribution is -0.577. The summed E-state index contributed by atoms with van der Waals surface area (Å²) in [4.78, 5) is 0.748. The fourth-order valence-corrected chi connectivity index (χ4v) is 2.96. The van der Waals surface area contributed by atoms with Gasteiger partial charge in [-0.1, -0.05) is 12.1 Å². The predicted octanol–water partition coefficient (Wildman–Crippen LogP) is 1.57. The first kappa shape index (κ1) is 8.61. The maximum atomic E-state index is 11.7. The van der Waals surface area contributed by atoms with E-state index in [1.54, 1.807) is 23.6 Å². The Balaban J connectivity index is 2.54. The van der Waals surface area contributed by atoms with Crippen molar-refractivity contribution in [2.75, 3.05) is 0 Å². The molecule has 3 nitrogen and oxygen atoms in total. The van der Waals surface area contributed by atoms with E-state index >= 15 is 0 Å². The van der Waals surface area contributed by atoms with Gasteiger partial charge >= 0.3 is 0 Å². The molecule has 4 heteroatoms. The second-order valence-corrected chi connectivity index (χ2v) is 4.63. The summed E-state index contributed by atoms with van der Waals surface area (Å²) in [6.45, 7) is 0. The molecule has 2 heterocycles. The lowest BCUT2D eigenvalue weighted by Crippen LogP contribution is -2.27. The molecule has 0 spiro atoms. The van der Waals surface area contributed by atoms with Crippen LogP contribution in [0.3, 0.4) is 0 Å². The van der Waals surface area contributed by atoms with E-state index in [0.29, 0.717) is 5.52 Å². The number of rotatable bonds is 0. The van der Waals surface area contributed by atoms with Gasteiger partial charge in [-0.3, -0.25) is 0 Å². The molecule has 0 saturated carbocycles. The second kappa shape index (κ2) is 2.90. The van der Waals surface area contributed by atoms with Gasteiger partial charge in [-0.15, -0.1) is 0 Å². The van der Waals surface area contributed by atoms with Gasteiger partial charge in [0, 0.05) is 11.5 Å². The molecule has 3 rings (SSSR count). The highest BCUT2D eigenvalue weighted by Gasteiger charge is 2.20. The Hall–Kier alpha value is -1.68. The average Bonchev–Trinajstić information content (AvgIpc) is 2.61. The molecule has 0 N–H and O–H groups in total. The third kappa shape index (κ3) is 1.11. The molecule has 0 amide bonds. The first-order chi connectivity index (χ1) is 7.27. The largest absolute Gasteiger partial charge is 0.618 e. The molecule has 0 saturated heterocycles. The summed E-state index contributed by atoms with van der Waals surface area (Å²) in [6, 6.07) is 7.21. The van der Waals surface area contributed by atoms with Crippen LogP contribution in [0.1, 0.15) is 5.56 Å². The summed E-state index contributed by atoms with van der Waals surface area (Å²) in [5.74, 6) is 0. The van der Waals surface area contributed by atoms with Crippen LogP contribution in [-0.2, 0) is 10.8 Å². The highest BCUT2D eigenvalue weighted by atomic mass is 32.2.